The van der Waals surface area contributed by atoms with Gasteiger partial charge in [0.25, 0.3) is 0 Å². The average Bonchev–Trinajstić information content (AvgIpc) is 2.68. The Hall–Kier alpha value is -1.32. The Morgan fingerprint density at radius 2 is 2.19 bits per heavy atom. The molecule has 16 heavy (non-hydrogen) atoms. The van der Waals surface area contributed by atoms with Gasteiger partial charge in [0.2, 0.25) is 0 Å². The van der Waals surface area contributed by atoms with Gasteiger partial charge in [-0.05, 0) is 18.6 Å². The Balaban J connectivity index is 2.17. The Morgan fingerprint density at radius 1 is 1.44 bits per heavy atom. The van der Waals surface area contributed by atoms with Crippen LogP contribution in [0.1, 0.15) is 23.1 Å². The minimum Gasteiger partial charge on any atom is -0.386 e. The Morgan fingerprint density at radius 3 is 2.81 bits per heavy atom. The third-order valence-electron chi connectivity index (χ3n) is 2.56. The number of imidazole rings is 1. The monoisotopic (exact) mass is 236 g/mol. The van der Waals surface area contributed by atoms with E-state index >= 15 is 0 Å². The summed E-state index contributed by atoms with van der Waals surface area (Å²) in [6.45, 7) is 1.89. The zero-order valence-corrected chi connectivity index (χ0v) is 9.70. The molecule has 0 saturated heterocycles. The highest BCUT2D eigenvalue weighted by atomic mass is 35.5. The molecule has 0 aliphatic carbocycles. The molecule has 1 aromatic heterocycles. The Kier molecular flexibility index (Phi) is 3.27. The second-order valence-corrected chi connectivity index (χ2v) is 4.13. The predicted octanol–water partition coefficient (Wildman–Crippen LogP) is 2.65. The fraction of sp³-hybridized carbons (Fsp3) is 0.250. The lowest BCUT2D eigenvalue weighted by Gasteiger charge is -2.10. The fourth-order valence-corrected chi connectivity index (χ4v) is 1.89. The summed E-state index contributed by atoms with van der Waals surface area (Å²) in [4.78, 5) is 7.04. The van der Waals surface area contributed by atoms with Crippen LogP contribution in [0.5, 0.6) is 0 Å². The highest BCUT2D eigenvalue weighted by Crippen LogP contribution is 2.23. The van der Waals surface area contributed by atoms with E-state index in [1.807, 2.05) is 31.2 Å². The summed E-state index contributed by atoms with van der Waals surface area (Å²) in [7, 11) is 0. The first-order valence-electron chi connectivity index (χ1n) is 5.10. The first-order chi connectivity index (χ1) is 7.68. The summed E-state index contributed by atoms with van der Waals surface area (Å²) >= 11 is 6.03. The smallest absolute Gasteiger partial charge is 0.102 e. The lowest BCUT2D eigenvalue weighted by molar-refractivity contribution is 0.173. The molecule has 0 aliphatic rings. The second kappa shape index (κ2) is 4.68. The first kappa shape index (κ1) is 11.2. The van der Waals surface area contributed by atoms with E-state index in [-0.39, 0.29) is 0 Å². The maximum absolute atomic E-state index is 10.0. The molecule has 84 valence electrons. The van der Waals surface area contributed by atoms with Crippen LogP contribution in [0.3, 0.4) is 0 Å². The molecule has 0 aliphatic heterocycles. The van der Waals surface area contributed by atoms with Crippen LogP contribution in [0.25, 0.3) is 0 Å². The van der Waals surface area contributed by atoms with Crippen LogP contribution in [0.4, 0.5) is 0 Å². The van der Waals surface area contributed by atoms with Crippen LogP contribution in [0.2, 0.25) is 5.02 Å². The normalized spacial score (nSPS) is 12.7. The number of rotatable bonds is 3. The molecular formula is C12H13ClN2O. The van der Waals surface area contributed by atoms with E-state index in [0.29, 0.717) is 17.1 Å². The van der Waals surface area contributed by atoms with E-state index in [1.165, 1.54) is 0 Å². The SMILES string of the molecule is Cc1[nH]cnc1C(O)Cc1ccccc1Cl. The van der Waals surface area contributed by atoms with Gasteiger partial charge in [0.05, 0.1) is 12.0 Å². The minimum absolute atomic E-state index is 0.478. The topological polar surface area (TPSA) is 48.9 Å². The zero-order chi connectivity index (χ0) is 11.5. The van der Waals surface area contributed by atoms with Crippen molar-refractivity contribution in [3.63, 3.8) is 0 Å². The van der Waals surface area contributed by atoms with E-state index in [9.17, 15) is 5.11 Å². The van der Waals surface area contributed by atoms with E-state index in [0.717, 1.165) is 11.3 Å². The summed E-state index contributed by atoms with van der Waals surface area (Å²) < 4.78 is 0. The number of aliphatic hydroxyl groups is 1. The predicted molar refractivity (Wildman–Crippen MR) is 63.4 cm³/mol. The van der Waals surface area contributed by atoms with Gasteiger partial charge in [-0.1, -0.05) is 29.8 Å². The van der Waals surface area contributed by atoms with Crippen molar-refractivity contribution < 1.29 is 5.11 Å². The van der Waals surface area contributed by atoms with Gasteiger partial charge < -0.3 is 10.1 Å². The van der Waals surface area contributed by atoms with Crippen molar-refractivity contribution >= 4 is 11.6 Å². The van der Waals surface area contributed by atoms with Gasteiger partial charge in [0.1, 0.15) is 6.10 Å². The van der Waals surface area contributed by atoms with Crippen LogP contribution in [0.15, 0.2) is 30.6 Å². The molecule has 0 amide bonds. The summed E-state index contributed by atoms with van der Waals surface area (Å²) in [6.07, 6.45) is 1.44. The lowest BCUT2D eigenvalue weighted by Crippen LogP contribution is -2.04. The number of hydrogen-bond acceptors (Lipinski definition) is 2. The number of aliphatic hydroxyl groups excluding tert-OH is 1. The van der Waals surface area contributed by atoms with Crippen LogP contribution >= 0.6 is 11.6 Å². The van der Waals surface area contributed by atoms with Gasteiger partial charge >= 0.3 is 0 Å². The van der Waals surface area contributed by atoms with E-state index < -0.39 is 6.10 Å². The van der Waals surface area contributed by atoms with Crippen molar-refractivity contribution in [1.29, 1.82) is 0 Å². The number of nitrogens with one attached hydrogen (secondary N) is 1. The number of nitrogens with zero attached hydrogens (tertiary/aromatic N) is 1. The molecule has 0 fully saturated rings. The molecule has 0 radical (unpaired) electrons. The molecule has 2 N–H and O–H groups in total. The van der Waals surface area contributed by atoms with Crippen molar-refractivity contribution in [1.82, 2.24) is 9.97 Å². The molecule has 1 atom stereocenters. The summed E-state index contributed by atoms with van der Waals surface area (Å²) in [6, 6.07) is 7.51. The number of halogens is 1. The van der Waals surface area contributed by atoms with Gasteiger partial charge in [-0.25, -0.2) is 4.98 Å². The van der Waals surface area contributed by atoms with Crippen LogP contribution in [-0.2, 0) is 6.42 Å². The number of H-pyrrole nitrogens is 1. The van der Waals surface area contributed by atoms with Gasteiger partial charge in [0, 0.05) is 17.1 Å². The van der Waals surface area contributed by atoms with Crippen molar-refractivity contribution in [3.05, 3.63) is 52.6 Å². The van der Waals surface area contributed by atoms with Crippen LogP contribution < -0.4 is 0 Å². The molecule has 1 aromatic carbocycles. The van der Waals surface area contributed by atoms with Crippen molar-refractivity contribution in [2.45, 2.75) is 19.4 Å². The summed E-state index contributed by atoms with van der Waals surface area (Å²) in [5.41, 5.74) is 2.50. The summed E-state index contributed by atoms with van der Waals surface area (Å²) in [5, 5.41) is 10.7. The van der Waals surface area contributed by atoms with E-state index in [4.69, 9.17) is 11.6 Å². The minimum atomic E-state index is -0.619. The second-order valence-electron chi connectivity index (χ2n) is 3.72. The Labute approximate surface area is 99.1 Å². The van der Waals surface area contributed by atoms with Gasteiger partial charge in [0.15, 0.2) is 0 Å². The van der Waals surface area contributed by atoms with Gasteiger partial charge in [-0.3, -0.25) is 0 Å². The fourth-order valence-electron chi connectivity index (χ4n) is 1.67. The molecule has 0 bridgehead atoms. The third-order valence-corrected chi connectivity index (χ3v) is 2.92. The molecule has 2 aromatic rings. The number of aryl methyl sites for hydroxylation is 1. The largest absolute Gasteiger partial charge is 0.386 e. The molecule has 4 heteroatoms. The zero-order valence-electron chi connectivity index (χ0n) is 8.94. The number of aromatic nitrogens is 2. The molecular weight excluding hydrogens is 224 g/mol. The highest BCUT2D eigenvalue weighted by Gasteiger charge is 2.14. The molecule has 0 spiro atoms. The van der Waals surface area contributed by atoms with Crippen molar-refractivity contribution in [3.8, 4) is 0 Å². The van der Waals surface area contributed by atoms with Crippen molar-refractivity contribution in [2.75, 3.05) is 0 Å². The third kappa shape index (κ3) is 2.26. The number of benzene rings is 1. The van der Waals surface area contributed by atoms with Crippen LogP contribution in [-0.4, -0.2) is 15.1 Å². The summed E-state index contributed by atoms with van der Waals surface area (Å²) in [5.74, 6) is 0. The standard InChI is InChI=1S/C12H13ClN2O/c1-8-12(15-7-14-8)11(16)6-9-4-2-3-5-10(9)13/h2-5,7,11,16H,6H2,1H3,(H,14,15). The van der Waals surface area contributed by atoms with Gasteiger partial charge in [-0.15, -0.1) is 0 Å². The Bertz CT molecular complexity index is 481. The average molecular weight is 237 g/mol. The first-order valence-corrected chi connectivity index (χ1v) is 5.47. The molecule has 2 rings (SSSR count). The van der Waals surface area contributed by atoms with Gasteiger partial charge in [-0.2, -0.15) is 0 Å². The number of aromatic amines is 1. The van der Waals surface area contributed by atoms with E-state index in [2.05, 4.69) is 9.97 Å². The highest BCUT2D eigenvalue weighted by molar-refractivity contribution is 6.31. The van der Waals surface area contributed by atoms with Crippen LogP contribution in [0, 0.1) is 6.92 Å². The maximum atomic E-state index is 10.0. The quantitative estimate of drug-likeness (QED) is 0.861. The number of hydrogen-bond donors (Lipinski definition) is 2. The molecule has 0 saturated carbocycles. The molecule has 1 heterocycles. The maximum Gasteiger partial charge on any atom is 0.102 e. The van der Waals surface area contributed by atoms with E-state index in [1.54, 1.807) is 6.33 Å². The van der Waals surface area contributed by atoms with Crippen molar-refractivity contribution in [2.24, 2.45) is 0 Å². The molecule has 3 nitrogen and oxygen atoms in total. The molecule has 1 unspecified atom stereocenters. The lowest BCUT2D eigenvalue weighted by atomic mass is 10.0.